The molecule has 0 spiro atoms. The molecule has 2 aromatic rings. The summed E-state index contributed by atoms with van der Waals surface area (Å²) in [7, 11) is 0. The van der Waals surface area contributed by atoms with E-state index in [1.165, 1.54) is 11.1 Å². The van der Waals surface area contributed by atoms with Crippen LogP contribution in [0.25, 0.3) is 0 Å². The number of halogens is 1. The molecule has 0 bridgehead atoms. The van der Waals surface area contributed by atoms with Crippen LogP contribution in [0.4, 0.5) is 0 Å². The van der Waals surface area contributed by atoms with E-state index >= 15 is 0 Å². The van der Waals surface area contributed by atoms with Crippen molar-refractivity contribution < 1.29 is 9.53 Å². The van der Waals surface area contributed by atoms with Gasteiger partial charge in [-0.25, -0.2) is 0 Å². The van der Waals surface area contributed by atoms with Crippen molar-refractivity contribution in [2.75, 3.05) is 12.4 Å². The summed E-state index contributed by atoms with van der Waals surface area (Å²) in [5, 5.41) is 2.84. The minimum absolute atomic E-state index is 0.00274. The second-order valence-electron chi connectivity index (χ2n) is 5.97. The zero-order valence-electron chi connectivity index (χ0n) is 14.2. The molecule has 4 heteroatoms. The molecule has 0 aromatic heterocycles. The van der Waals surface area contributed by atoms with Crippen molar-refractivity contribution in [3.63, 3.8) is 0 Å². The van der Waals surface area contributed by atoms with Gasteiger partial charge in [-0.05, 0) is 43.5 Å². The molecule has 1 amide bonds. The summed E-state index contributed by atoms with van der Waals surface area (Å²) in [6.07, 6.45) is 0.975. The topological polar surface area (TPSA) is 38.3 Å². The Morgan fingerprint density at radius 3 is 2.25 bits per heavy atom. The van der Waals surface area contributed by atoms with Crippen molar-refractivity contribution in [1.29, 1.82) is 0 Å². The number of hydrogen-bond donors (Lipinski definition) is 1. The third kappa shape index (κ3) is 5.57. The number of alkyl halides is 1. The normalized spacial score (nSPS) is 12.0. The van der Waals surface area contributed by atoms with Crippen LogP contribution in [0.3, 0.4) is 0 Å². The summed E-state index contributed by atoms with van der Waals surface area (Å²) >= 11 is 5.53. The van der Waals surface area contributed by atoms with E-state index in [9.17, 15) is 4.79 Å². The summed E-state index contributed by atoms with van der Waals surface area (Å²) in [5.41, 5.74) is 2.44. The number of hydrogen-bond acceptors (Lipinski definition) is 2. The van der Waals surface area contributed by atoms with Crippen LogP contribution < -0.4 is 10.1 Å². The van der Waals surface area contributed by atoms with Gasteiger partial charge in [0.2, 0.25) is 5.91 Å². The van der Waals surface area contributed by atoms with E-state index < -0.39 is 0 Å². The number of carbonyl (C=O) groups excluding carboxylic acids is 1. The smallest absolute Gasteiger partial charge is 0.234 e. The lowest BCUT2D eigenvalue weighted by Crippen LogP contribution is -2.26. The average Bonchev–Trinajstić information content (AvgIpc) is 2.60. The number of rotatable bonds is 8. The van der Waals surface area contributed by atoms with Crippen molar-refractivity contribution in [1.82, 2.24) is 5.32 Å². The lowest BCUT2D eigenvalue weighted by atomic mass is 9.88. The molecule has 0 heterocycles. The Kier molecular flexibility index (Phi) is 7.13. The highest BCUT2D eigenvalue weighted by molar-refractivity contribution is 6.27. The maximum atomic E-state index is 11.4. The van der Waals surface area contributed by atoms with Gasteiger partial charge in [-0.3, -0.25) is 4.79 Å². The zero-order valence-corrected chi connectivity index (χ0v) is 14.9. The Hall–Kier alpha value is -2.00. The average molecular weight is 346 g/mol. The van der Waals surface area contributed by atoms with Crippen molar-refractivity contribution in [3.05, 3.63) is 65.7 Å². The maximum Gasteiger partial charge on any atom is 0.234 e. The molecule has 0 radical (unpaired) electrons. The molecule has 1 atom stereocenters. The van der Waals surface area contributed by atoms with Gasteiger partial charge in [0.05, 0.1) is 6.10 Å². The Morgan fingerprint density at radius 2 is 1.67 bits per heavy atom. The molecule has 0 saturated heterocycles. The van der Waals surface area contributed by atoms with E-state index in [0.29, 0.717) is 6.54 Å². The van der Waals surface area contributed by atoms with Crippen molar-refractivity contribution in [2.24, 2.45) is 0 Å². The third-order valence-electron chi connectivity index (χ3n) is 3.73. The van der Waals surface area contributed by atoms with Gasteiger partial charge in [-0.1, -0.05) is 42.5 Å². The second kappa shape index (κ2) is 9.33. The van der Waals surface area contributed by atoms with Crippen LogP contribution in [0, 0.1) is 0 Å². The lowest BCUT2D eigenvalue weighted by molar-refractivity contribution is -0.118. The largest absolute Gasteiger partial charge is 0.491 e. The molecule has 0 aliphatic rings. The Bertz CT molecular complexity index is 626. The van der Waals surface area contributed by atoms with Crippen LogP contribution >= 0.6 is 11.6 Å². The molecule has 24 heavy (non-hydrogen) atoms. The molecule has 1 N–H and O–H groups in total. The second-order valence-corrected chi connectivity index (χ2v) is 6.24. The quantitative estimate of drug-likeness (QED) is 0.722. The summed E-state index contributed by atoms with van der Waals surface area (Å²) < 4.78 is 5.71. The van der Waals surface area contributed by atoms with E-state index in [0.717, 1.165) is 12.2 Å². The van der Waals surface area contributed by atoms with E-state index in [2.05, 4.69) is 29.6 Å². The standard InChI is InChI=1S/C20H24ClNO2/c1-15(2)24-18-10-8-17(9-11-18)19(12-13-22-20(23)14-21)16-6-4-3-5-7-16/h3-11,15,19H,12-14H2,1-2H3,(H,22,23)/t19-/m0/s1. The van der Waals surface area contributed by atoms with Gasteiger partial charge in [0.1, 0.15) is 11.6 Å². The van der Waals surface area contributed by atoms with Gasteiger partial charge >= 0.3 is 0 Å². The SMILES string of the molecule is CC(C)Oc1ccc([C@@H](CCNC(=O)CCl)c2ccccc2)cc1. The van der Waals surface area contributed by atoms with E-state index in [-0.39, 0.29) is 23.8 Å². The fourth-order valence-corrected chi connectivity index (χ4v) is 2.76. The molecule has 0 aliphatic heterocycles. The third-order valence-corrected chi connectivity index (χ3v) is 3.98. The van der Waals surface area contributed by atoms with Crippen LogP contribution in [0.15, 0.2) is 54.6 Å². The van der Waals surface area contributed by atoms with Gasteiger partial charge < -0.3 is 10.1 Å². The van der Waals surface area contributed by atoms with Gasteiger partial charge in [0.25, 0.3) is 0 Å². The molecule has 3 nitrogen and oxygen atoms in total. The van der Waals surface area contributed by atoms with E-state index in [1.807, 2.05) is 44.2 Å². The number of benzene rings is 2. The Morgan fingerprint density at radius 1 is 1.04 bits per heavy atom. The van der Waals surface area contributed by atoms with Crippen LogP contribution in [0.2, 0.25) is 0 Å². The summed E-state index contributed by atoms with van der Waals surface area (Å²) in [6.45, 7) is 4.62. The number of amides is 1. The van der Waals surface area contributed by atoms with Gasteiger partial charge in [0, 0.05) is 12.5 Å². The number of carbonyl (C=O) groups is 1. The molecule has 0 aliphatic carbocycles. The van der Waals surface area contributed by atoms with Crippen LogP contribution in [0.5, 0.6) is 5.75 Å². The van der Waals surface area contributed by atoms with E-state index in [4.69, 9.17) is 16.3 Å². The highest BCUT2D eigenvalue weighted by Crippen LogP contribution is 2.29. The van der Waals surface area contributed by atoms with E-state index in [1.54, 1.807) is 0 Å². The first kappa shape index (κ1) is 18.3. The minimum atomic E-state index is -0.135. The van der Waals surface area contributed by atoms with Crippen molar-refractivity contribution in [2.45, 2.75) is 32.3 Å². The van der Waals surface area contributed by atoms with Crippen LogP contribution in [-0.2, 0) is 4.79 Å². The molecule has 0 fully saturated rings. The molecule has 128 valence electrons. The summed E-state index contributed by atoms with van der Waals surface area (Å²) in [5.74, 6) is 0.951. The first-order valence-electron chi connectivity index (χ1n) is 8.24. The monoisotopic (exact) mass is 345 g/mol. The summed E-state index contributed by atoms with van der Waals surface area (Å²) in [6, 6.07) is 18.5. The zero-order chi connectivity index (χ0) is 17.4. The predicted octanol–water partition coefficient (Wildman–Crippen LogP) is 4.35. The molecule has 0 saturated carbocycles. The fraction of sp³-hybridized carbons (Fsp3) is 0.350. The van der Waals surface area contributed by atoms with Gasteiger partial charge in [-0.15, -0.1) is 11.6 Å². The van der Waals surface area contributed by atoms with Crippen LogP contribution in [0.1, 0.15) is 37.3 Å². The van der Waals surface area contributed by atoms with Crippen molar-refractivity contribution in [3.8, 4) is 5.75 Å². The van der Waals surface area contributed by atoms with Crippen molar-refractivity contribution >= 4 is 17.5 Å². The Labute approximate surface area is 149 Å². The van der Waals surface area contributed by atoms with Crippen LogP contribution in [-0.4, -0.2) is 24.4 Å². The van der Waals surface area contributed by atoms with Gasteiger partial charge in [0.15, 0.2) is 0 Å². The maximum absolute atomic E-state index is 11.4. The molecule has 2 aromatic carbocycles. The molecule has 0 unspecified atom stereocenters. The Balaban J connectivity index is 2.14. The molecule has 2 rings (SSSR count). The number of ether oxygens (including phenoxy) is 1. The lowest BCUT2D eigenvalue weighted by Gasteiger charge is -2.19. The molecular weight excluding hydrogens is 322 g/mol. The summed E-state index contributed by atoms with van der Waals surface area (Å²) in [4.78, 5) is 11.4. The fourth-order valence-electron chi connectivity index (χ4n) is 2.67. The first-order chi connectivity index (χ1) is 11.6. The first-order valence-corrected chi connectivity index (χ1v) is 8.78. The van der Waals surface area contributed by atoms with Gasteiger partial charge in [-0.2, -0.15) is 0 Å². The highest BCUT2D eigenvalue weighted by Gasteiger charge is 2.14. The minimum Gasteiger partial charge on any atom is -0.491 e. The molecular formula is C20H24ClNO2. The number of nitrogens with one attached hydrogen (secondary N) is 1. The predicted molar refractivity (Wildman–Crippen MR) is 98.8 cm³/mol. The highest BCUT2D eigenvalue weighted by atomic mass is 35.5.